The second-order valence-electron chi connectivity index (χ2n) is 14.7. The van der Waals surface area contributed by atoms with E-state index in [-0.39, 0.29) is 35.6 Å². The van der Waals surface area contributed by atoms with Crippen molar-refractivity contribution in [3.8, 4) is 22.9 Å². The van der Waals surface area contributed by atoms with E-state index >= 15 is 0 Å². The minimum absolute atomic E-state index is 0.0327. The molecule has 1 amide bonds. The normalized spacial score (nSPS) is 19.0. The summed E-state index contributed by atoms with van der Waals surface area (Å²) in [4.78, 5) is 30.4. The number of hydrogen-bond acceptors (Lipinski definition) is 9. The van der Waals surface area contributed by atoms with E-state index in [1.165, 1.54) is 6.08 Å². The van der Waals surface area contributed by atoms with Gasteiger partial charge >= 0.3 is 6.18 Å². The van der Waals surface area contributed by atoms with E-state index < -0.39 is 12.8 Å². The summed E-state index contributed by atoms with van der Waals surface area (Å²) in [6, 6.07) is 8.29. The molecule has 1 saturated carbocycles. The molecule has 0 atom stereocenters. The lowest BCUT2D eigenvalue weighted by Gasteiger charge is -2.54. The Morgan fingerprint density at radius 3 is 2.57 bits per heavy atom. The van der Waals surface area contributed by atoms with Crippen molar-refractivity contribution in [2.45, 2.75) is 50.7 Å². The number of benzene rings is 2. The van der Waals surface area contributed by atoms with Crippen LogP contribution in [0.25, 0.3) is 32.9 Å². The molecule has 51 heavy (non-hydrogen) atoms. The van der Waals surface area contributed by atoms with Crippen LogP contribution in [-0.2, 0) is 4.79 Å². The summed E-state index contributed by atoms with van der Waals surface area (Å²) in [5.41, 5.74) is 4.40. The molecule has 4 aliphatic rings. The molecule has 0 radical (unpaired) electrons. The average molecular weight is 700 g/mol. The maximum Gasteiger partial charge on any atom is 0.422 e. The minimum Gasteiger partial charge on any atom is -0.481 e. The second-order valence-corrected chi connectivity index (χ2v) is 14.7. The molecule has 1 N–H and O–H groups in total. The van der Waals surface area contributed by atoms with Crippen LogP contribution in [0.4, 0.5) is 24.9 Å². The van der Waals surface area contributed by atoms with Crippen LogP contribution in [0.3, 0.4) is 0 Å². The summed E-state index contributed by atoms with van der Waals surface area (Å²) in [5, 5.41) is 18.0. The number of ether oxygens (including phenoxy) is 1. The number of H-pyrrole nitrogens is 1. The first-order valence-corrected chi connectivity index (χ1v) is 17.5. The smallest absolute Gasteiger partial charge is 0.422 e. The molecule has 2 aromatic heterocycles. The summed E-state index contributed by atoms with van der Waals surface area (Å²) in [6.45, 7) is 8.31. The van der Waals surface area contributed by atoms with Crippen LogP contribution in [0.1, 0.15) is 42.7 Å². The maximum absolute atomic E-state index is 14.0. The number of fused-ring (bicyclic) bond motifs is 2. The second kappa shape index (κ2) is 12.4. The number of carbonyl (C=O) groups is 1. The molecule has 4 aromatic rings. The number of nitriles is 1. The van der Waals surface area contributed by atoms with Gasteiger partial charge in [-0.05, 0) is 80.5 Å². The number of aromatic nitrogens is 4. The Bertz CT molecular complexity index is 2060. The van der Waals surface area contributed by atoms with E-state index in [0.717, 1.165) is 53.3 Å². The highest BCUT2D eigenvalue weighted by molar-refractivity contribution is 6.06. The highest BCUT2D eigenvalue weighted by Gasteiger charge is 2.47. The highest BCUT2D eigenvalue weighted by atomic mass is 19.4. The van der Waals surface area contributed by atoms with E-state index in [9.17, 15) is 23.2 Å². The number of anilines is 2. The third-order valence-electron chi connectivity index (χ3n) is 11.2. The Labute approximate surface area is 293 Å². The van der Waals surface area contributed by atoms with Gasteiger partial charge in [-0.2, -0.15) is 28.5 Å². The van der Waals surface area contributed by atoms with Crippen LogP contribution in [0, 0.1) is 23.7 Å². The quantitative estimate of drug-likeness (QED) is 0.177. The fourth-order valence-electron chi connectivity index (χ4n) is 8.03. The molecule has 14 heteroatoms. The van der Waals surface area contributed by atoms with Crippen molar-refractivity contribution >= 4 is 39.5 Å². The Morgan fingerprint density at radius 2 is 1.90 bits per heavy atom. The lowest BCUT2D eigenvalue weighted by Crippen LogP contribution is -2.61. The van der Waals surface area contributed by atoms with Crippen molar-refractivity contribution in [2.75, 3.05) is 69.3 Å². The fourth-order valence-corrected chi connectivity index (χ4v) is 8.03. The standard InChI is InChI=1S/C37H40F3N9O2/c1-4-29(50)49-19-36(20-49)9-12-47(13-10-36)34-26-15-25(23-6-7-23)31(30-22(2)5-8-28-27(30)16-42-45-28)33(51-21-37(38,39)40)32(26)43-35(44-34)48-17-24(18-48)46(3)14-11-41/h4-5,8,15-16,23-24H,1,6-7,9-10,12-14,17-21H2,2-3H3,(H,42,45). The molecule has 3 aliphatic heterocycles. The Morgan fingerprint density at radius 1 is 1.16 bits per heavy atom. The maximum atomic E-state index is 14.0. The SMILES string of the molecule is C=CC(=O)N1CC2(CCN(c3nc(N4CC(N(C)CC#N)C4)nc4c(OCC(F)(F)F)c(-c5c(C)ccc6[nH]ncc56)c(C5CC5)cc34)CC2)C1. The number of rotatable bonds is 9. The molecule has 8 rings (SSSR count). The monoisotopic (exact) mass is 699 g/mol. The molecule has 2 aromatic carbocycles. The number of halogens is 3. The number of nitrogens with one attached hydrogen (secondary N) is 1. The zero-order valence-electron chi connectivity index (χ0n) is 28.8. The van der Waals surface area contributed by atoms with Crippen LogP contribution in [-0.4, -0.2) is 108 Å². The molecule has 1 aliphatic carbocycles. The molecular formula is C37H40F3N9O2. The molecule has 11 nitrogen and oxygen atoms in total. The van der Waals surface area contributed by atoms with Crippen molar-refractivity contribution in [1.82, 2.24) is 30.0 Å². The van der Waals surface area contributed by atoms with E-state index in [2.05, 4.69) is 33.8 Å². The fraction of sp³-hybridized carbons (Fsp3) is 0.486. The first kappa shape index (κ1) is 33.3. The molecule has 266 valence electrons. The number of alkyl halides is 3. The molecule has 5 heterocycles. The van der Waals surface area contributed by atoms with Gasteiger partial charge in [0, 0.05) is 67.1 Å². The van der Waals surface area contributed by atoms with Crippen LogP contribution in [0.5, 0.6) is 5.75 Å². The number of aryl methyl sites for hydroxylation is 1. The van der Waals surface area contributed by atoms with Crippen molar-refractivity contribution in [3.05, 3.63) is 48.2 Å². The number of likely N-dealkylation sites (N-methyl/N-ethyl adjacent to an activating group) is 1. The molecule has 3 saturated heterocycles. The van der Waals surface area contributed by atoms with Gasteiger partial charge in [-0.25, -0.2) is 4.98 Å². The van der Waals surface area contributed by atoms with Gasteiger partial charge in [0.25, 0.3) is 0 Å². The van der Waals surface area contributed by atoms with Gasteiger partial charge in [0.05, 0.1) is 24.3 Å². The lowest BCUT2D eigenvalue weighted by atomic mass is 9.72. The average Bonchev–Trinajstić information content (AvgIpc) is 3.80. The van der Waals surface area contributed by atoms with E-state index in [4.69, 9.17) is 14.7 Å². The molecule has 0 unspecified atom stereocenters. The van der Waals surface area contributed by atoms with E-state index in [1.54, 1.807) is 6.20 Å². The topological polar surface area (TPSA) is 118 Å². The number of likely N-dealkylation sites (tertiary alicyclic amines) is 1. The van der Waals surface area contributed by atoms with Crippen molar-refractivity contribution < 1.29 is 22.7 Å². The van der Waals surface area contributed by atoms with Crippen molar-refractivity contribution in [3.63, 3.8) is 0 Å². The summed E-state index contributed by atoms with van der Waals surface area (Å²) in [5.74, 6) is 1.31. The molecule has 0 bridgehead atoms. The number of aromatic amines is 1. The summed E-state index contributed by atoms with van der Waals surface area (Å²) >= 11 is 0. The predicted octanol–water partition coefficient (Wildman–Crippen LogP) is 5.56. The minimum atomic E-state index is -4.57. The first-order valence-electron chi connectivity index (χ1n) is 17.5. The summed E-state index contributed by atoms with van der Waals surface area (Å²) < 4.78 is 48.0. The zero-order chi connectivity index (χ0) is 35.7. The number of carbonyl (C=O) groups excluding carboxylic acids is 1. The zero-order valence-corrected chi connectivity index (χ0v) is 28.8. The van der Waals surface area contributed by atoms with Gasteiger partial charge in [0.15, 0.2) is 12.4 Å². The van der Waals surface area contributed by atoms with Gasteiger partial charge in [-0.15, -0.1) is 0 Å². The lowest BCUT2D eigenvalue weighted by molar-refractivity contribution is -0.153. The molecular weight excluding hydrogens is 659 g/mol. The van der Waals surface area contributed by atoms with Crippen LogP contribution in [0.15, 0.2) is 37.1 Å². The molecule has 1 spiro atoms. The van der Waals surface area contributed by atoms with Gasteiger partial charge in [-0.3, -0.25) is 14.8 Å². The van der Waals surface area contributed by atoms with E-state index in [0.29, 0.717) is 67.5 Å². The number of hydrogen-bond donors (Lipinski definition) is 1. The van der Waals surface area contributed by atoms with Gasteiger partial charge in [-0.1, -0.05) is 12.6 Å². The number of nitrogens with zero attached hydrogens (tertiary/aromatic N) is 8. The number of piperidine rings is 1. The third-order valence-corrected chi connectivity index (χ3v) is 11.2. The molecule has 4 fully saturated rings. The van der Waals surface area contributed by atoms with Crippen molar-refractivity contribution in [1.29, 1.82) is 5.26 Å². The third kappa shape index (κ3) is 6.01. The van der Waals surface area contributed by atoms with Gasteiger partial charge in [0.1, 0.15) is 11.3 Å². The Balaban J connectivity index is 1.28. The predicted molar refractivity (Wildman–Crippen MR) is 188 cm³/mol. The Kier molecular flexibility index (Phi) is 8.09. The van der Waals surface area contributed by atoms with Crippen LogP contribution in [0.2, 0.25) is 0 Å². The van der Waals surface area contributed by atoms with Gasteiger partial charge in [0.2, 0.25) is 11.9 Å². The van der Waals surface area contributed by atoms with Crippen LogP contribution >= 0.6 is 0 Å². The van der Waals surface area contributed by atoms with Crippen LogP contribution < -0.4 is 14.5 Å². The Hall–Kier alpha value is -4.90. The number of amides is 1. The van der Waals surface area contributed by atoms with Crippen molar-refractivity contribution in [2.24, 2.45) is 5.41 Å². The summed E-state index contributed by atoms with van der Waals surface area (Å²) in [7, 11) is 1.90. The van der Waals surface area contributed by atoms with E-state index in [1.807, 2.05) is 40.8 Å². The highest BCUT2D eigenvalue weighted by Crippen LogP contribution is 2.53. The van der Waals surface area contributed by atoms with Gasteiger partial charge < -0.3 is 19.4 Å². The first-order chi connectivity index (χ1) is 24.5. The largest absolute Gasteiger partial charge is 0.481 e. The summed E-state index contributed by atoms with van der Waals surface area (Å²) in [6.07, 6.45) is 2.04.